The first-order chi connectivity index (χ1) is 8.33. The summed E-state index contributed by atoms with van der Waals surface area (Å²) in [4.78, 5) is 2.60. The van der Waals surface area contributed by atoms with E-state index in [-0.39, 0.29) is 0 Å². The third-order valence-electron chi connectivity index (χ3n) is 4.50. The van der Waals surface area contributed by atoms with Gasteiger partial charge in [-0.3, -0.25) is 0 Å². The van der Waals surface area contributed by atoms with Crippen molar-refractivity contribution in [3.05, 3.63) is 0 Å². The smallest absolute Gasteiger partial charge is 0.0627 e. The lowest BCUT2D eigenvalue weighted by molar-refractivity contribution is 0.176. The van der Waals surface area contributed by atoms with Gasteiger partial charge >= 0.3 is 0 Å². The van der Waals surface area contributed by atoms with Crippen molar-refractivity contribution in [1.82, 2.24) is 4.90 Å². The van der Waals surface area contributed by atoms with Gasteiger partial charge in [-0.25, -0.2) is 0 Å². The number of hydrogen-bond donors (Lipinski definition) is 1. The van der Waals surface area contributed by atoms with Crippen LogP contribution in [-0.2, 0) is 0 Å². The summed E-state index contributed by atoms with van der Waals surface area (Å²) in [5.74, 6) is 1.41. The fourth-order valence-electron chi connectivity index (χ4n) is 3.38. The highest BCUT2D eigenvalue weighted by molar-refractivity contribution is 5.87. The summed E-state index contributed by atoms with van der Waals surface area (Å²) in [7, 11) is 0. The predicted molar refractivity (Wildman–Crippen MR) is 70.6 cm³/mol. The molecule has 1 aliphatic carbocycles. The first kappa shape index (κ1) is 12.9. The number of nitrogens with zero attached hydrogens (tertiary/aromatic N) is 2. The van der Waals surface area contributed by atoms with Gasteiger partial charge in [0.15, 0.2) is 0 Å². The van der Waals surface area contributed by atoms with E-state index < -0.39 is 0 Å². The largest absolute Gasteiger partial charge is 0.411 e. The van der Waals surface area contributed by atoms with Gasteiger partial charge < -0.3 is 10.1 Å². The lowest BCUT2D eigenvalue weighted by atomic mass is 9.87. The standard InChI is InChI=1S/C14H26N2O/c1-2-13-11-16(9-8-14(13)15-17)10-12-6-4-3-5-7-12/h12-13,17H,2-11H2,1H3. The van der Waals surface area contributed by atoms with E-state index in [1.807, 2.05) is 0 Å². The van der Waals surface area contributed by atoms with Crippen molar-refractivity contribution in [2.75, 3.05) is 19.6 Å². The molecule has 1 saturated carbocycles. The van der Waals surface area contributed by atoms with Crippen molar-refractivity contribution in [3.63, 3.8) is 0 Å². The minimum Gasteiger partial charge on any atom is -0.411 e. The molecule has 1 aliphatic heterocycles. The molecule has 0 amide bonds. The molecule has 2 rings (SSSR count). The second-order valence-corrected chi connectivity index (χ2v) is 5.71. The van der Waals surface area contributed by atoms with Crippen LogP contribution in [0.4, 0.5) is 0 Å². The van der Waals surface area contributed by atoms with Crippen molar-refractivity contribution < 1.29 is 5.21 Å². The summed E-state index contributed by atoms with van der Waals surface area (Å²) in [5.41, 5.74) is 1.02. The molecule has 1 N–H and O–H groups in total. The topological polar surface area (TPSA) is 35.8 Å². The summed E-state index contributed by atoms with van der Waals surface area (Å²) < 4.78 is 0. The summed E-state index contributed by atoms with van der Waals surface area (Å²) in [6.07, 6.45) is 9.21. The Bertz CT molecular complexity index is 259. The Kier molecular flexibility index (Phi) is 4.84. The number of oxime groups is 1. The van der Waals surface area contributed by atoms with Crippen molar-refractivity contribution in [3.8, 4) is 0 Å². The van der Waals surface area contributed by atoms with Crippen molar-refractivity contribution in [2.45, 2.75) is 51.9 Å². The average molecular weight is 238 g/mol. The first-order valence-corrected chi connectivity index (χ1v) is 7.26. The molecule has 0 aromatic carbocycles. The molecule has 0 bridgehead atoms. The van der Waals surface area contributed by atoms with Crippen molar-refractivity contribution in [2.24, 2.45) is 17.0 Å². The number of rotatable bonds is 3. The summed E-state index contributed by atoms with van der Waals surface area (Å²) in [6, 6.07) is 0. The Morgan fingerprint density at radius 2 is 2.06 bits per heavy atom. The zero-order valence-corrected chi connectivity index (χ0v) is 11.1. The lowest BCUT2D eigenvalue weighted by Gasteiger charge is -2.36. The quantitative estimate of drug-likeness (QED) is 0.605. The zero-order chi connectivity index (χ0) is 12.1. The molecule has 1 atom stereocenters. The van der Waals surface area contributed by atoms with Gasteiger partial charge in [0.1, 0.15) is 0 Å². The van der Waals surface area contributed by atoms with Crippen LogP contribution in [-0.4, -0.2) is 35.5 Å². The van der Waals surface area contributed by atoms with Crippen molar-refractivity contribution in [1.29, 1.82) is 0 Å². The Balaban J connectivity index is 1.82. The van der Waals surface area contributed by atoms with Crippen LogP contribution < -0.4 is 0 Å². The normalized spacial score (nSPS) is 30.9. The highest BCUT2D eigenvalue weighted by Crippen LogP contribution is 2.26. The highest BCUT2D eigenvalue weighted by Gasteiger charge is 2.26. The Morgan fingerprint density at radius 3 is 2.71 bits per heavy atom. The monoisotopic (exact) mass is 238 g/mol. The molecule has 98 valence electrons. The number of likely N-dealkylation sites (tertiary alicyclic amines) is 1. The van der Waals surface area contributed by atoms with E-state index in [1.54, 1.807) is 0 Å². The predicted octanol–water partition coefficient (Wildman–Crippen LogP) is 3.13. The molecule has 17 heavy (non-hydrogen) atoms. The van der Waals surface area contributed by atoms with E-state index in [9.17, 15) is 0 Å². The van der Waals surface area contributed by atoms with Crippen LogP contribution in [0.1, 0.15) is 51.9 Å². The fourth-order valence-corrected chi connectivity index (χ4v) is 3.38. The Labute approximate surface area is 105 Å². The van der Waals surface area contributed by atoms with Gasteiger partial charge in [0.05, 0.1) is 5.71 Å². The van der Waals surface area contributed by atoms with Gasteiger partial charge in [0.25, 0.3) is 0 Å². The third kappa shape index (κ3) is 3.44. The summed E-state index contributed by atoms with van der Waals surface area (Å²) in [6.45, 7) is 5.66. The minimum atomic E-state index is 0.484. The van der Waals surface area contributed by atoms with Crippen LogP contribution in [0.25, 0.3) is 0 Å². The maximum absolute atomic E-state index is 8.97. The maximum atomic E-state index is 8.97. The van der Waals surface area contributed by atoms with E-state index in [0.717, 1.165) is 37.6 Å². The number of piperidine rings is 1. The van der Waals surface area contributed by atoms with Crippen molar-refractivity contribution >= 4 is 5.71 Å². The second-order valence-electron chi connectivity index (χ2n) is 5.71. The van der Waals surface area contributed by atoms with Gasteiger partial charge in [-0.2, -0.15) is 0 Å². The molecule has 0 aromatic rings. The van der Waals surface area contributed by atoms with Crippen LogP contribution in [0.5, 0.6) is 0 Å². The van der Waals surface area contributed by atoms with Gasteiger partial charge in [-0.1, -0.05) is 31.3 Å². The van der Waals surface area contributed by atoms with E-state index >= 15 is 0 Å². The molecule has 2 fully saturated rings. The second kappa shape index (κ2) is 6.39. The highest BCUT2D eigenvalue weighted by atomic mass is 16.4. The third-order valence-corrected chi connectivity index (χ3v) is 4.50. The molecule has 3 heteroatoms. The molecule has 3 nitrogen and oxygen atoms in total. The zero-order valence-electron chi connectivity index (χ0n) is 11.1. The minimum absolute atomic E-state index is 0.484. The van der Waals surface area contributed by atoms with Crippen LogP contribution in [0.15, 0.2) is 5.16 Å². The lowest BCUT2D eigenvalue weighted by Crippen LogP contribution is -2.43. The maximum Gasteiger partial charge on any atom is 0.0627 e. The SMILES string of the molecule is CCC1CN(CC2CCCCC2)CCC1=NO. The van der Waals surface area contributed by atoms with E-state index in [2.05, 4.69) is 17.0 Å². The Morgan fingerprint density at radius 1 is 1.29 bits per heavy atom. The van der Waals surface area contributed by atoms with Crippen LogP contribution >= 0.6 is 0 Å². The molecular formula is C14H26N2O. The summed E-state index contributed by atoms with van der Waals surface area (Å²) in [5, 5.41) is 12.4. The van der Waals surface area contributed by atoms with E-state index in [4.69, 9.17) is 5.21 Å². The molecule has 1 unspecified atom stereocenters. The molecular weight excluding hydrogens is 212 g/mol. The molecule has 1 heterocycles. The average Bonchev–Trinajstić information content (AvgIpc) is 2.40. The van der Waals surface area contributed by atoms with Crippen LogP contribution in [0.2, 0.25) is 0 Å². The summed E-state index contributed by atoms with van der Waals surface area (Å²) >= 11 is 0. The van der Waals surface area contributed by atoms with Crippen LogP contribution in [0, 0.1) is 11.8 Å². The molecule has 2 aliphatic rings. The molecule has 1 saturated heterocycles. The first-order valence-electron chi connectivity index (χ1n) is 7.26. The van der Waals surface area contributed by atoms with Gasteiger partial charge in [-0.05, 0) is 25.2 Å². The van der Waals surface area contributed by atoms with E-state index in [1.165, 1.54) is 38.6 Å². The molecule has 0 aromatic heterocycles. The van der Waals surface area contributed by atoms with Gasteiger partial charge in [-0.15, -0.1) is 0 Å². The fraction of sp³-hybridized carbons (Fsp3) is 0.929. The van der Waals surface area contributed by atoms with Crippen LogP contribution in [0.3, 0.4) is 0 Å². The molecule has 0 spiro atoms. The van der Waals surface area contributed by atoms with E-state index in [0.29, 0.717) is 5.92 Å². The Hall–Kier alpha value is -0.570. The molecule has 0 radical (unpaired) electrons. The van der Waals surface area contributed by atoms with Gasteiger partial charge in [0.2, 0.25) is 0 Å². The number of hydrogen-bond acceptors (Lipinski definition) is 3. The van der Waals surface area contributed by atoms with Gasteiger partial charge in [0, 0.05) is 32.0 Å².